The lowest BCUT2D eigenvalue weighted by Gasteiger charge is -2.25. The van der Waals surface area contributed by atoms with Gasteiger partial charge in [0, 0.05) is 45.2 Å². The number of nitrogen functional groups attached to an aromatic ring is 1. The van der Waals surface area contributed by atoms with Gasteiger partial charge in [-0.05, 0) is 36.6 Å². The summed E-state index contributed by atoms with van der Waals surface area (Å²) in [5.41, 5.74) is 15.8. The van der Waals surface area contributed by atoms with Gasteiger partial charge in [-0.3, -0.25) is 4.79 Å². The molecule has 0 atom stereocenters. The molecule has 0 bridgehead atoms. The van der Waals surface area contributed by atoms with Gasteiger partial charge >= 0.3 is 0 Å². The Hall–Kier alpha value is -2.84. The third-order valence-corrected chi connectivity index (χ3v) is 6.69. The van der Waals surface area contributed by atoms with Crippen molar-refractivity contribution >= 4 is 44.5 Å². The maximum absolute atomic E-state index is 11.7. The summed E-state index contributed by atoms with van der Waals surface area (Å²) in [6.07, 6.45) is 3.74. The smallest absolute Gasteiger partial charge is 0.260 e. The van der Waals surface area contributed by atoms with E-state index < -0.39 is 5.91 Å². The number of amides is 1. The van der Waals surface area contributed by atoms with Gasteiger partial charge in [-0.15, -0.1) is 11.3 Å². The second-order valence-corrected chi connectivity index (χ2v) is 8.46. The molecule has 3 heterocycles. The zero-order valence-corrected chi connectivity index (χ0v) is 18.0. The monoisotopic (exact) mass is 425 g/mol. The van der Waals surface area contributed by atoms with Gasteiger partial charge in [0.25, 0.3) is 5.91 Å². The Kier molecular flexibility index (Phi) is 6.06. The van der Waals surface area contributed by atoms with Crippen LogP contribution in [0.3, 0.4) is 0 Å². The van der Waals surface area contributed by atoms with E-state index in [2.05, 4.69) is 39.0 Å². The molecule has 8 heteroatoms. The molecule has 7 nitrogen and oxygen atoms in total. The maximum Gasteiger partial charge on any atom is 0.260 e. The summed E-state index contributed by atoms with van der Waals surface area (Å²) in [5.74, 6) is -0.502. The first-order valence-electron chi connectivity index (χ1n) is 10.1. The number of benzene rings is 1. The number of pyridine rings is 1. The first kappa shape index (κ1) is 20.4. The number of nitrogens with zero attached hydrogens (tertiary/aromatic N) is 3. The number of primary amides is 1. The second-order valence-electron chi connectivity index (χ2n) is 7.46. The summed E-state index contributed by atoms with van der Waals surface area (Å²) in [6.45, 7) is 4.43. The van der Waals surface area contributed by atoms with Crippen LogP contribution >= 0.6 is 11.3 Å². The molecule has 30 heavy (non-hydrogen) atoms. The van der Waals surface area contributed by atoms with Gasteiger partial charge in [-0.25, -0.2) is 4.98 Å². The fraction of sp³-hybridized carbons (Fsp3) is 0.364. The number of rotatable bonds is 6. The first-order valence-corrected chi connectivity index (χ1v) is 10.9. The molecule has 4 N–H and O–H groups in total. The van der Waals surface area contributed by atoms with Crippen LogP contribution in [0.25, 0.3) is 10.2 Å². The molecule has 158 valence electrons. The summed E-state index contributed by atoms with van der Waals surface area (Å²) in [7, 11) is 1.73. The van der Waals surface area contributed by atoms with Gasteiger partial charge in [0.05, 0.1) is 23.4 Å². The Morgan fingerprint density at radius 3 is 2.60 bits per heavy atom. The molecular weight excluding hydrogens is 398 g/mol. The molecule has 1 fully saturated rings. The van der Waals surface area contributed by atoms with E-state index in [1.54, 1.807) is 13.3 Å². The molecule has 1 aromatic carbocycles. The van der Waals surface area contributed by atoms with Crippen molar-refractivity contribution in [1.29, 1.82) is 0 Å². The third-order valence-electron chi connectivity index (χ3n) is 5.56. The minimum Gasteiger partial charge on any atom is -0.397 e. The zero-order chi connectivity index (χ0) is 21.1. The van der Waals surface area contributed by atoms with E-state index in [4.69, 9.17) is 16.2 Å². The summed E-state index contributed by atoms with van der Waals surface area (Å²) in [4.78, 5) is 22.0. The predicted octanol–water partition coefficient (Wildman–Crippen LogP) is 2.88. The zero-order valence-electron chi connectivity index (χ0n) is 17.1. The highest BCUT2D eigenvalue weighted by molar-refractivity contribution is 7.21. The standard InChI is InChI=1S/C22H27N5O2S/c1-29-14-8-15-3-5-16(6-4-15)26-10-2-11-27(13-12-26)17-7-9-25-22-18(17)19(23)20(30-22)21(24)28/h3-7,9H,2,8,10-14,23H2,1H3,(H2,24,28). The van der Waals surface area contributed by atoms with Gasteiger partial charge < -0.3 is 26.0 Å². The number of aromatic nitrogens is 1. The molecule has 2 aromatic heterocycles. The van der Waals surface area contributed by atoms with E-state index in [0.717, 1.165) is 61.5 Å². The second kappa shape index (κ2) is 8.89. The fourth-order valence-electron chi connectivity index (χ4n) is 3.99. The Bertz CT molecular complexity index is 1030. The van der Waals surface area contributed by atoms with E-state index in [1.807, 2.05) is 6.07 Å². The molecule has 3 aromatic rings. The first-order chi connectivity index (χ1) is 14.6. The van der Waals surface area contributed by atoms with E-state index in [9.17, 15) is 4.79 Å². The molecule has 4 rings (SSSR count). The summed E-state index contributed by atoms with van der Waals surface area (Å²) in [5, 5.41) is 0.840. The van der Waals surface area contributed by atoms with Crippen molar-refractivity contribution in [1.82, 2.24) is 4.98 Å². The minimum absolute atomic E-state index is 0.384. The highest BCUT2D eigenvalue weighted by Gasteiger charge is 2.22. The van der Waals surface area contributed by atoms with Crippen LogP contribution in [0, 0.1) is 0 Å². The van der Waals surface area contributed by atoms with Crippen LogP contribution in [0.15, 0.2) is 36.5 Å². The number of hydrogen-bond acceptors (Lipinski definition) is 7. The van der Waals surface area contributed by atoms with Crippen LogP contribution in [0.2, 0.25) is 0 Å². The van der Waals surface area contributed by atoms with E-state index in [0.29, 0.717) is 10.6 Å². The van der Waals surface area contributed by atoms with Crippen LogP contribution in [-0.2, 0) is 11.2 Å². The van der Waals surface area contributed by atoms with E-state index in [-0.39, 0.29) is 0 Å². The number of ether oxygens (including phenoxy) is 1. The number of carbonyl (C=O) groups excluding carboxylic acids is 1. The predicted molar refractivity (Wildman–Crippen MR) is 124 cm³/mol. The molecule has 0 aliphatic carbocycles. The third kappa shape index (κ3) is 4.06. The average molecular weight is 426 g/mol. The molecule has 0 spiro atoms. The molecule has 1 amide bonds. The lowest BCUT2D eigenvalue weighted by Crippen LogP contribution is -2.30. The lowest BCUT2D eigenvalue weighted by molar-refractivity contribution is 0.100. The topological polar surface area (TPSA) is 97.7 Å². The molecule has 1 saturated heterocycles. The molecule has 0 saturated carbocycles. The number of hydrogen-bond donors (Lipinski definition) is 2. The quantitative estimate of drug-likeness (QED) is 0.630. The minimum atomic E-state index is -0.502. The number of thiophene rings is 1. The summed E-state index contributed by atoms with van der Waals surface area (Å²) < 4.78 is 5.16. The number of methoxy groups -OCH3 is 1. The normalized spacial score (nSPS) is 14.8. The Balaban J connectivity index is 1.53. The maximum atomic E-state index is 11.7. The number of carbonyl (C=O) groups is 1. The van der Waals surface area contributed by atoms with Crippen LogP contribution < -0.4 is 21.3 Å². The highest BCUT2D eigenvalue weighted by Crippen LogP contribution is 2.38. The lowest BCUT2D eigenvalue weighted by atomic mass is 10.1. The molecule has 1 aliphatic heterocycles. The van der Waals surface area contributed by atoms with Gasteiger partial charge in [-0.1, -0.05) is 12.1 Å². The fourth-order valence-corrected chi connectivity index (χ4v) is 4.92. The highest BCUT2D eigenvalue weighted by atomic mass is 32.1. The van der Waals surface area contributed by atoms with E-state index >= 15 is 0 Å². The average Bonchev–Trinajstić information content (AvgIpc) is 2.94. The summed E-state index contributed by atoms with van der Waals surface area (Å²) >= 11 is 1.26. The summed E-state index contributed by atoms with van der Waals surface area (Å²) in [6, 6.07) is 10.7. The number of fused-ring (bicyclic) bond motifs is 1. The molecular formula is C22H27N5O2S. The van der Waals surface area contributed by atoms with E-state index in [1.165, 1.54) is 22.6 Å². The van der Waals surface area contributed by atoms with Crippen molar-refractivity contribution in [2.75, 3.05) is 55.4 Å². The van der Waals surface area contributed by atoms with Crippen LogP contribution in [0.5, 0.6) is 0 Å². The van der Waals surface area contributed by atoms with Crippen molar-refractivity contribution in [3.05, 3.63) is 47.0 Å². The van der Waals surface area contributed by atoms with Crippen LogP contribution in [0.4, 0.5) is 17.1 Å². The number of anilines is 3. The van der Waals surface area contributed by atoms with Gasteiger partial charge in [-0.2, -0.15) is 0 Å². The van der Waals surface area contributed by atoms with Crippen LogP contribution in [0.1, 0.15) is 21.7 Å². The largest absolute Gasteiger partial charge is 0.397 e. The number of nitrogens with two attached hydrogens (primary N) is 2. The van der Waals surface area contributed by atoms with Gasteiger partial charge in [0.15, 0.2) is 0 Å². The van der Waals surface area contributed by atoms with Crippen molar-refractivity contribution in [3.63, 3.8) is 0 Å². The van der Waals surface area contributed by atoms with Crippen LogP contribution in [-0.4, -0.2) is 50.8 Å². The van der Waals surface area contributed by atoms with Crippen molar-refractivity contribution in [2.45, 2.75) is 12.8 Å². The molecule has 0 unspecified atom stereocenters. The Morgan fingerprint density at radius 2 is 1.87 bits per heavy atom. The van der Waals surface area contributed by atoms with Crippen molar-refractivity contribution in [2.24, 2.45) is 5.73 Å². The SMILES string of the molecule is COCCc1ccc(N2CCCN(c3ccnc4sc(C(N)=O)c(N)c34)CC2)cc1. The van der Waals surface area contributed by atoms with Crippen molar-refractivity contribution in [3.8, 4) is 0 Å². The van der Waals surface area contributed by atoms with Gasteiger partial charge in [0.2, 0.25) is 0 Å². The van der Waals surface area contributed by atoms with Crippen molar-refractivity contribution < 1.29 is 9.53 Å². The Labute approximate surface area is 180 Å². The van der Waals surface area contributed by atoms with Gasteiger partial charge in [0.1, 0.15) is 9.71 Å². The Morgan fingerprint density at radius 1 is 1.13 bits per heavy atom. The molecule has 0 radical (unpaired) electrons. The molecule has 1 aliphatic rings.